The normalized spacial score (nSPS) is 34.5. The van der Waals surface area contributed by atoms with E-state index in [0.29, 0.717) is 0 Å². The second kappa shape index (κ2) is 9.68. The fourth-order valence-electron chi connectivity index (χ4n) is 3.79. The van der Waals surface area contributed by atoms with Gasteiger partial charge in [-0.2, -0.15) is 11.8 Å². The summed E-state index contributed by atoms with van der Waals surface area (Å²) in [4.78, 5) is 14.9. The van der Waals surface area contributed by atoms with Crippen molar-refractivity contribution in [1.29, 1.82) is 0 Å². The number of carbonyl (C=O) groups is 1. The number of ether oxygens (including phenoxy) is 1. The highest BCUT2D eigenvalue weighted by Gasteiger charge is 2.41. The van der Waals surface area contributed by atoms with Crippen LogP contribution in [0.4, 0.5) is 0 Å². The smallest absolute Gasteiger partial charge is 0.223 e. The van der Waals surface area contributed by atoms with E-state index in [1.54, 1.807) is 0 Å². The number of amides is 1. The monoisotopic (exact) mass is 385 g/mol. The Hall–Kier alpha value is 0.280. The maximum Gasteiger partial charge on any atom is 0.223 e. The zero-order valence-electron chi connectivity index (χ0n) is 13.5. The Morgan fingerprint density at radius 2 is 2.04 bits per heavy atom. The van der Waals surface area contributed by atoms with Crippen LogP contribution in [-0.4, -0.2) is 66.7 Å². The number of thioether (sulfide) groups is 1. The lowest BCUT2D eigenvalue weighted by Crippen LogP contribution is -2.59. The highest BCUT2D eigenvalue weighted by atomic mass is 35.5. The van der Waals surface area contributed by atoms with Gasteiger partial charge in [0.05, 0.1) is 13.2 Å². The van der Waals surface area contributed by atoms with Crippen molar-refractivity contribution in [1.82, 2.24) is 10.2 Å². The predicted molar refractivity (Wildman–Crippen MR) is 99.9 cm³/mol. The van der Waals surface area contributed by atoms with Crippen LogP contribution < -0.4 is 11.1 Å². The van der Waals surface area contributed by atoms with Crippen LogP contribution in [0, 0.1) is 5.92 Å². The maximum absolute atomic E-state index is 12.4. The minimum Gasteiger partial charge on any atom is -0.379 e. The molecule has 1 aliphatic carbocycles. The number of carbonyl (C=O) groups excluding carboxylic acids is 1. The molecule has 8 heteroatoms. The van der Waals surface area contributed by atoms with E-state index in [1.807, 2.05) is 11.8 Å². The lowest BCUT2D eigenvalue weighted by molar-refractivity contribution is -0.125. The number of hydrogen-bond acceptors (Lipinski definition) is 5. The summed E-state index contributed by atoms with van der Waals surface area (Å²) < 4.78 is 5.47. The molecule has 3 N–H and O–H groups in total. The average Bonchev–Trinajstić information content (AvgIpc) is 3.16. The van der Waals surface area contributed by atoms with E-state index >= 15 is 0 Å². The molecule has 0 aromatic heterocycles. The van der Waals surface area contributed by atoms with E-state index in [4.69, 9.17) is 10.5 Å². The molecule has 0 aromatic rings. The van der Waals surface area contributed by atoms with Crippen LogP contribution in [0.25, 0.3) is 0 Å². The Bertz CT molecular complexity index is 378. The SMILES string of the molecule is Cl.Cl.NC1CCC(C(=O)NCC2(N3CCOCC3)CCSC2)C1. The first-order chi connectivity index (χ1) is 10.2. The molecule has 0 spiro atoms. The van der Waals surface area contributed by atoms with Crippen LogP contribution >= 0.6 is 36.6 Å². The summed E-state index contributed by atoms with van der Waals surface area (Å²) >= 11 is 2.01. The first kappa shape index (κ1) is 21.3. The van der Waals surface area contributed by atoms with Crippen molar-refractivity contribution in [3.8, 4) is 0 Å². The van der Waals surface area contributed by atoms with Crippen LogP contribution in [0.15, 0.2) is 0 Å². The lowest BCUT2D eigenvalue weighted by atomic mass is 9.95. The van der Waals surface area contributed by atoms with Gasteiger partial charge in [0.1, 0.15) is 0 Å². The van der Waals surface area contributed by atoms with Gasteiger partial charge in [-0.05, 0) is 31.4 Å². The van der Waals surface area contributed by atoms with Gasteiger partial charge in [0.2, 0.25) is 5.91 Å². The zero-order valence-corrected chi connectivity index (χ0v) is 15.9. The molecule has 5 nitrogen and oxygen atoms in total. The maximum atomic E-state index is 12.4. The minimum absolute atomic E-state index is 0. The summed E-state index contributed by atoms with van der Waals surface area (Å²) in [5.74, 6) is 2.67. The van der Waals surface area contributed by atoms with Crippen molar-refractivity contribution in [2.75, 3.05) is 44.4 Å². The Kier molecular flexibility index (Phi) is 8.98. The molecule has 3 aliphatic rings. The molecule has 2 heterocycles. The molecule has 3 unspecified atom stereocenters. The van der Waals surface area contributed by atoms with Crippen LogP contribution in [-0.2, 0) is 9.53 Å². The second-order valence-corrected chi connectivity index (χ2v) is 7.72. The Morgan fingerprint density at radius 1 is 1.30 bits per heavy atom. The summed E-state index contributed by atoms with van der Waals surface area (Å²) in [6, 6.07) is 0.219. The van der Waals surface area contributed by atoms with Crippen LogP contribution in [0.3, 0.4) is 0 Å². The number of rotatable bonds is 4. The largest absolute Gasteiger partial charge is 0.379 e. The number of nitrogens with zero attached hydrogens (tertiary/aromatic N) is 1. The Labute approximate surface area is 155 Å². The van der Waals surface area contributed by atoms with E-state index in [1.165, 1.54) is 12.2 Å². The second-order valence-electron chi connectivity index (χ2n) is 6.61. The van der Waals surface area contributed by atoms with Gasteiger partial charge in [0, 0.05) is 42.9 Å². The van der Waals surface area contributed by atoms with Gasteiger partial charge in [-0.3, -0.25) is 9.69 Å². The standard InChI is InChI=1S/C15H27N3O2S.2ClH/c16-13-2-1-12(9-13)14(19)17-10-15(3-8-21-11-15)18-4-6-20-7-5-18;;/h12-13H,1-11,16H2,(H,17,19);2*1H. The van der Waals surface area contributed by atoms with Gasteiger partial charge in [0.25, 0.3) is 0 Å². The van der Waals surface area contributed by atoms with Gasteiger partial charge < -0.3 is 15.8 Å². The molecule has 0 aromatic carbocycles. The highest BCUT2D eigenvalue weighted by molar-refractivity contribution is 7.99. The fraction of sp³-hybridized carbons (Fsp3) is 0.933. The molecule has 2 saturated heterocycles. The quantitative estimate of drug-likeness (QED) is 0.762. The van der Waals surface area contributed by atoms with E-state index in [-0.39, 0.29) is 48.2 Å². The van der Waals surface area contributed by atoms with Crippen LogP contribution in [0.2, 0.25) is 0 Å². The molecule has 1 saturated carbocycles. The third-order valence-electron chi connectivity index (χ3n) is 5.20. The topological polar surface area (TPSA) is 67.6 Å². The summed E-state index contributed by atoms with van der Waals surface area (Å²) in [6.07, 6.45) is 3.96. The number of nitrogens with one attached hydrogen (secondary N) is 1. The molecule has 3 fully saturated rings. The van der Waals surface area contributed by atoms with Gasteiger partial charge in [-0.1, -0.05) is 0 Å². The fourth-order valence-corrected chi connectivity index (χ4v) is 5.26. The van der Waals surface area contributed by atoms with Gasteiger partial charge in [-0.15, -0.1) is 24.8 Å². The molecule has 0 radical (unpaired) electrons. The van der Waals surface area contributed by atoms with Gasteiger partial charge in [-0.25, -0.2) is 0 Å². The predicted octanol–water partition coefficient (Wildman–Crippen LogP) is 1.28. The minimum atomic E-state index is 0. The van der Waals surface area contributed by atoms with Crippen molar-refractivity contribution >= 4 is 42.5 Å². The number of hydrogen-bond donors (Lipinski definition) is 2. The molecule has 3 rings (SSSR count). The van der Waals surface area contributed by atoms with E-state index in [0.717, 1.165) is 57.9 Å². The van der Waals surface area contributed by atoms with Crippen molar-refractivity contribution in [2.45, 2.75) is 37.3 Å². The van der Waals surface area contributed by atoms with Crippen molar-refractivity contribution < 1.29 is 9.53 Å². The summed E-state index contributed by atoms with van der Waals surface area (Å²) in [7, 11) is 0. The zero-order chi connectivity index (χ0) is 14.7. The van der Waals surface area contributed by atoms with E-state index in [2.05, 4.69) is 10.2 Å². The molecule has 3 atom stereocenters. The molecule has 2 aliphatic heterocycles. The number of halogens is 2. The molecular formula is C15H29Cl2N3O2S. The summed E-state index contributed by atoms with van der Waals surface area (Å²) in [5, 5.41) is 3.23. The average molecular weight is 386 g/mol. The van der Waals surface area contributed by atoms with Crippen LogP contribution in [0.5, 0.6) is 0 Å². The third kappa shape index (κ3) is 5.13. The van der Waals surface area contributed by atoms with Crippen LogP contribution in [0.1, 0.15) is 25.7 Å². The van der Waals surface area contributed by atoms with E-state index < -0.39 is 0 Å². The first-order valence-corrected chi connectivity index (χ1v) is 9.29. The first-order valence-electron chi connectivity index (χ1n) is 8.13. The molecule has 0 bridgehead atoms. The third-order valence-corrected chi connectivity index (χ3v) is 6.43. The number of nitrogens with two attached hydrogens (primary N) is 1. The summed E-state index contributed by atoms with van der Waals surface area (Å²) in [5.41, 5.74) is 6.06. The highest BCUT2D eigenvalue weighted by Crippen LogP contribution is 2.34. The van der Waals surface area contributed by atoms with Crippen molar-refractivity contribution in [2.24, 2.45) is 11.7 Å². The Morgan fingerprint density at radius 3 is 2.61 bits per heavy atom. The molecule has 1 amide bonds. The van der Waals surface area contributed by atoms with Gasteiger partial charge >= 0.3 is 0 Å². The molecule has 23 heavy (non-hydrogen) atoms. The lowest BCUT2D eigenvalue weighted by Gasteiger charge is -2.43. The molecule has 136 valence electrons. The Balaban J connectivity index is 0.00000132. The van der Waals surface area contributed by atoms with Crippen molar-refractivity contribution in [3.63, 3.8) is 0 Å². The van der Waals surface area contributed by atoms with E-state index in [9.17, 15) is 4.79 Å². The number of morpholine rings is 1. The summed E-state index contributed by atoms with van der Waals surface area (Å²) in [6.45, 7) is 4.40. The van der Waals surface area contributed by atoms with Gasteiger partial charge in [0.15, 0.2) is 0 Å². The van der Waals surface area contributed by atoms with Crippen molar-refractivity contribution in [3.05, 3.63) is 0 Å². The molecular weight excluding hydrogens is 357 g/mol.